The Morgan fingerprint density at radius 1 is 0.781 bits per heavy atom. The number of rotatable bonds is 10. The van der Waals surface area contributed by atoms with Gasteiger partial charge in [0.15, 0.2) is 0 Å². The van der Waals surface area contributed by atoms with Gasteiger partial charge in [0.25, 0.3) is 10.5 Å². The van der Waals surface area contributed by atoms with Crippen molar-refractivity contribution in [3.63, 3.8) is 0 Å². The van der Waals surface area contributed by atoms with Gasteiger partial charge in [-0.1, -0.05) is 29.6 Å². The quantitative estimate of drug-likeness (QED) is 0.282. The van der Waals surface area contributed by atoms with Crippen LogP contribution < -0.4 is 21.3 Å². The highest BCUT2D eigenvalue weighted by Gasteiger charge is 2.21. The number of carboxylic acids is 2. The minimum Gasteiger partial charge on any atom is -0.480 e. The van der Waals surface area contributed by atoms with E-state index in [1.807, 2.05) is 0 Å². The van der Waals surface area contributed by atoms with Crippen molar-refractivity contribution in [2.75, 3.05) is 22.1 Å². The van der Waals surface area contributed by atoms with E-state index < -0.39 is 46.3 Å². The predicted octanol–water partition coefficient (Wildman–Crippen LogP) is 1.40. The van der Waals surface area contributed by atoms with Crippen LogP contribution in [0.25, 0.3) is 0 Å². The standard InChI is InChI=1S/C18H22N4O8S2/c1-9(23)19-13(15(25)26)7-31-17(29)21-11-4-3-5-12(6-11)22-18(30)32-8-14(16(27)28)20-10(2)24/h3-6,13-14H,7-8H2,1-2H3,(H,19,23)(H,20,24)(H,21,29)(H,22,30)(H,25,26)(H,27,28). The fourth-order valence-corrected chi connectivity index (χ4v) is 3.61. The smallest absolute Gasteiger partial charge is 0.327 e. The average Bonchev–Trinajstić information content (AvgIpc) is 2.67. The van der Waals surface area contributed by atoms with E-state index in [0.717, 1.165) is 0 Å². The molecule has 0 aliphatic carbocycles. The fourth-order valence-electron chi connectivity index (χ4n) is 2.14. The first-order valence-corrected chi connectivity index (χ1v) is 10.9. The van der Waals surface area contributed by atoms with Gasteiger partial charge >= 0.3 is 11.9 Å². The third kappa shape index (κ3) is 10.7. The molecule has 0 saturated heterocycles. The van der Waals surface area contributed by atoms with Crippen LogP contribution in [-0.2, 0) is 19.2 Å². The Balaban J connectivity index is 2.60. The number of anilines is 2. The van der Waals surface area contributed by atoms with Gasteiger partial charge in [-0.3, -0.25) is 19.2 Å². The number of amides is 4. The molecule has 0 aliphatic rings. The summed E-state index contributed by atoms with van der Waals surface area (Å²) in [5.41, 5.74) is 0.636. The van der Waals surface area contributed by atoms with Crippen molar-refractivity contribution in [3.05, 3.63) is 24.3 Å². The zero-order chi connectivity index (χ0) is 24.3. The number of benzene rings is 1. The second-order valence-electron chi connectivity index (χ2n) is 6.21. The van der Waals surface area contributed by atoms with Crippen LogP contribution >= 0.6 is 23.5 Å². The second kappa shape index (κ2) is 13.2. The van der Waals surface area contributed by atoms with Crippen molar-refractivity contribution in [2.24, 2.45) is 0 Å². The van der Waals surface area contributed by atoms with Crippen molar-refractivity contribution in [2.45, 2.75) is 25.9 Å². The van der Waals surface area contributed by atoms with Crippen LogP contribution in [0.3, 0.4) is 0 Å². The number of nitrogens with one attached hydrogen (secondary N) is 4. The molecule has 0 bridgehead atoms. The van der Waals surface area contributed by atoms with Crippen molar-refractivity contribution in [1.82, 2.24) is 10.6 Å². The Morgan fingerprint density at radius 2 is 1.16 bits per heavy atom. The minimum atomic E-state index is -1.27. The summed E-state index contributed by atoms with van der Waals surface area (Å²) in [6.07, 6.45) is 0. The Morgan fingerprint density at radius 3 is 1.47 bits per heavy atom. The lowest BCUT2D eigenvalue weighted by atomic mass is 10.3. The van der Waals surface area contributed by atoms with Gasteiger partial charge in [0.1, 0.15) is 12.1 Å². The molecule has 2 unspecified atom stereocenters. The monoisotopic (exact) mass is 486 g/mol. The largest absolute Gasteiger partial charge is 0.480 e. The zero-order valence-electron chi connectivity index (χ0n) is 17.0. The Kier molecular flexibility index (Phi) is 11.1. The summed E-state index contributed by atoms with van der Waals surface area (Å²) < 4.78 is 0. The summed E-state index contributed by atoms with van der Waals surface area (Å²) >= 11 is 1.32. The average molecular weight is 487 g/mol. The van der Waals surface area contributed by atoms with Crippen molar-refractivity contribution in [1.29, 1.82) is 0 Å². The second-order valence-corrected chi connectivity index (χ2v) is 8.20. The molecule has 6 N–H and O–H groups in total. The van der Waals surface area contributed by atoms with Crippen LogP contribution in [0, 0.1) is 0 Å². The first-order chi connectivity index (χ1) is 15.0. The Hall–Kier alpha value is -3.26. The molecular weight excluding hydrogens is 464 g/mol. The van der Waals surface area contributed by atoms with Gasteiger partial charge in [0.05, 0.1) is 0 Å². The van der Waals surface area contributed by atoms with Crippen molar-refractivity contribution >= 4 is 69.1 Å². The maximum Gasteiger partial charge on any atom is 0.327 e. The van der Waals surface area contributed by atoms with E-state index in [9.17, 15) is 28.8 Å². The molecule has 1 rings (SSSR count). The number of aliphatic carboxylic acids is 2. The molecule has 0 saturated carbocycles. The van der Waals surface area contributed by atoms with E-state index in [-0.39, 0.29) is 11.5 Å². The SMILES string of the molecule is CC(=O)NC(CSC(=O)Nc1cccc(NC(=O)SCC(NC(C)=O)C(=O)O)c1)C(=O)O. The number of carboxylic acid groups (broad SMARTS) is 2. The highest BCUT2D eigenvalue weighted by molar-refractivity contribution is 8.14. The highest BCUT2D eigenvalue weighted by Crippen LogP contribution is 2.19. The van der Waals surface area contributed by atoms with Gasteiger partial charge in [-0.2, -0.15) is 0 Å². The summed E-state index contributed by atoms with van der Waals surface area (Å²) in [5, 5.41) is 26.4. The molecule has 0 radical (unpaired) electrons. The molecule has 14 heteroatoms. The normalized spacial score (nSPS) is 12.1. The van der Waals surface area contributed by atoms with Gasteiger partial charge in [-0.05, 0) is 18.2 Å². The minimum absolute atomic E-state index is 0.188. The summed E-state index contributed by atoms with van der Waals surface area (Å²) in [5.74, 6) is -3.99. The molecule has 4 amide bonds. The van der Waals surface area contributed by atoms with Crippen LogP contribution in [0.4, 0.5) is 21.0 Å². The summed E-state index contributed by atoms with van der Waals surface area (Å²) in [7, 11) is 0. The molecule has 174 valence electrons. The summed E-state index contributed by atoms with van der Waals surface area (Å²) in [4.78, 5) is 68.3. The van der Waals surface area contributed by atoms with E-state index in [1.54, 1.807) is 18.2 Å². The molecule has 0 aromatic heterocycles. The van der Waals surface area contributed by atoms with Crippen LogP contribution in [-0.4, -0.2) is 68.0 Å². The fraction of sp³-hybridized carbons (Fsp3) is 0.333. The van der Waals surface area contributed by atoms with Crippen LogP contribution in [0.5, 0.6) is 0 Å². The number of carbonyl (C=O) groups excluding carboxylic acids is 4. The van der Waals surface area contributed by atoms with Crippen LogP contribution in [0.1, 0.15) is 13.8 Å². The molecule has 0 aliphatic heterocycles. The van der Waals surface area contributed by atoms with Gasteiger partial charge < -0.3 is 31.5 Å². The summed E-state index contributed by atoms with van der Waals surface area (Å²) in [6, 6.07) is 3.63. The van der Waals surface area contributed by atoms with Gasteiger partial charge in [0, 0.05) is 36.7 Å². The van der Waals surface area contributed by atoms with E-state index >= 15 is 0 Å². The Bertz CT molecular complexity index is 828. The van der Waals surface area contributed by atoms with Crippen LogP contribution in [0.15, 0.2) is 24.3 Å². The number of carbonyl (C=O) groups is 6. The molecule has 0 fully saturated rings. The first-order valence-electron chi connectivity index (χ1n) is 8.95. The molecule has 1 aromatic carbocycles. The van der Waals surface area contributed by atoms with Gasteiger partial charge in [-0.25, -0.2) is 9.59 Å². The molecule has 0 heterocycles. The predicted molar refractivity (Wildman–Crippen MR) is 120 cm³/mol. The molecule has 12 nitrogen and oxygen atoms in total. The van der Waals surface area contributed by atoms with E-state index in [2.05, 4.69) is 21.3 Å². The molecule has 2 atom stereocenters. The van der Waals surface area contributed by atoms with Gasteiger partial charge in [-0.15, -0.1) is 0 Å². The first kappa shape index (κ1) is 26.8. The van der Waals surface area contributed by atoms with Crippen molar-refractivity contribution in [3.8, 4) is 0 Å². The third-order valence-electron chi connectivity index (χ3n) is 3.47. The number of hydrogen-bond donors (Lipinski definition) is 6. The summed E-state index contributed by atoms with van der Waals surface area (Å²) in [6.45, 7) is 2.33. The van der Waals surface area contributed by atoms with Gasteiger partial charge in [0.2, 0.25) is 11.8 Å². The number of thioether (sulfide) groups is 2. The van der Waals surface area contributed by atoms with Crippen molar-refractivity contribution < 1.29 is 39.0 Å². The molecular formula is C18H22N4O8S2. The van der Waals surface area contributed by atoms with E-state index in [4.69, 9.17) is 10.2 Å². The maximum atomic E-state index is 12.1. The van der Waals surface area contributed by atoms with E-state index in [1.165, 1.54) is 19.9 Å². The van der Waals surface area contributed by atoms with Crippen LogP contribution in [0.2, 0.25) is 0 Å². The number of hydrogen-bond acceptors (Lipinski definition) is 8. The lowest BCUT2D eigenvalue weighted by molar-refractivity contribution is -0.141. The highest BCUT2D eigenvalue weighted by atomic mass is 32.2. The molecule has 0 spiro atoms. The maximum absolute atomic E-state index is 12.1. The molecule has 32 heavy (non-hydrogen) atoms. The lowest BCUT2D eigenvalue weighted by Crippen LogP contribution is -2.41. The Labute approximate surface area is 191 Å². The molecule has 1 aromatic rings. The topological polar surface area (TPSA) is 191 Å². The zero-order valence-corrected chi connectivity index (χ0v) is 18.7. The lowest BCUT2D eigenvalue weighted by Gasteiger charge is -2.13. The third-order valence-corrected chi connectivity index (χ3v) is 5.20. The van der Waals surface area contributed by atoms with E-state index in [0.29, 0.717) is 34.9 Å².